The first-order chi connectivity index (χ1) is 11.7. The third-order valence-electron chi connectivity index (χ3n) is 2.85. The molecule has 25 heavy (non-hydrogen) atoms. The molecule has 0 fully saturated rings. The van der Waals surface area contributed by atoms with Crippen molar-refractivity contribution in [2.75, 3.05) is 7.11 Å². The molecule has 0 bridgehead atoms. The highest BCUT2D eigenvalue weighted by molar-refractivity contribution is 6.45. The van der Waals surface area contributed by atoms with Gasteiger partial charge in [-0.05, 0) is 36.4 Å². The van der Waals surface area contributed by atoms with Gasteiger partial charge < -0.3 is 14.2 Å². The van der Waals surface area contributed by atoms with Crippen LogP contribution in [0.25, 0.3) is 0 Å². The van der Waals surface area contributed by atoms with Crippen molar-refractivity contribution in [2.45, 2.75) is 6.36 Å². The summed E-state index contributed by atoms with van der Waals surface area (Å²) in [7, 11) is 1.07. The molecule has 0 radical (unpaired) electrons. The lowest BCUT2D eigenvalue weighted by Gasteiger charge is -2.10. The number of esters is 1. The van der Waals surface area contributed by atoms with Crippen LogP contribution in [0.1, 0.15) is 10.4 Å². The molecule has 0 aromatic heterocycles. The van der Waals surface area contributed by atoms with E-state index in [0.29, 0.717) is 0 Å². The fourth-order valence-corrected chi connectivity index (χ4v) is 2.05. The Balaban J connectivity index is 2.12. The molecule has 0 aliphatic carbocycles. The minimum atomic E-state index is -4.78. The molecular weight excluding hydrogens is 365 g/mol. The number of hydrogen-bond acceptors (Lipinski definition) is 5. The highest BCUT2D eigenvalue weighted by Crippen LogP contribution is 2.29. The van der Waals surface area contributed by atoms with Crippen molar-refractivity contribution >= 4 is 23.4 Å². The van der Waals surface area contributed by atoms with Gasteiger partial charge in [0.25, 0.3) is 5.78 Å². The normalized spacial score (nSPS) is 10.9. The van der Waals surface area contributed by atoms with Gasteiger partial charge in [-0.1, -0.05) is 11.6 Å². The number of hydrogen-bond donors (Lipinski definition) is 0. The van der Waals surface area contributed by atoms with Crippen LogP contribution in [0, 0.1) is 0 Å². The van der Waals surface area contributed by atoms with E-state index in [1.165, 1.54) is 30.3 Å². The molecule has 0 N–H and O–H groups in total. The molecule has 0 amide bonds. The van der Waals surface area contributed by atoms with Gasteiger partial charge in [0.2, 0.25) is 0 Å². The Morgan fingerprint density at radius 1 is 0.960 bits per heavy atom. The Labute approximate surface area is 144 Å². The zero-order chi connectivity index (χ0) is 18.6. The topological polar surface area (TPSA) is 61.8 Å². The number of Topliss-reactive ketones (excluding diaryl/α,β-unsaturated/α-hetero) is 1. The smallest absolute Gasteiger partial charge is 0.463 e. The Morgan fingerprint density at radius 2 is 1.52 bits per heavy atom. The van der Waals surface area contributed by atoms with E-state index in [9.17, 15) is 22.8 Å². The van der Waals surface area contributed by atoms with Gasteiger partial charge in [0.1, 0.15) is 17.2 Å². The van der Waals surface area contributed by atoms with Gasteiger partial charge >= 0.3 is 12.3 Å². The zero-order valence-electron chi connectivity index (χ0n) is 12.6. The maximum absolute atomic E-state index is 12.1. The molecule has 2 aromatic rings. The van der Waals surface area contributed by atoms with E-state index in [1.54, 1.807) is 0 Å². The summed E-state index contributed by atoms with van der Waals surface area (Å²) in [5.74, 6) is -1.92. The third kappa shape index (κ3) is 5.12. The number of benzene rings is 2. The summed E-state index contributed by atoms with van der Waals surface area (Å²) in [6, 6.07) is 8.64. The zero-order valence-corrected chi connectivity index (χ0v) is 13.4. The number of alkyl halides is 3. The third-order valence-corrected chi connectivity index (χ3v) is 3.16. The molecule has 0 spiro atoms. The molecule has 0 heterocycles. The van der Waals surface area contributed by atoms with E-state index < -0.39 is 23.9 Å². The van der Waals surface area contributed by atoms with E-state index in [1.807, 2.05) is 0 Å². The predicted octanol–water partition coefficient (Wildman–Crippen LogP) is 4.39. The van der Waals surface area contributed by atoms with Crippen LogP contribution in [0.3, 0.4) is 0 Å². The molecule has 132 valence electrons. The van der Waals surface area contributed by atoms with Gasteiger partial charge in [-0.2, -0.15) is 0 Å². The SMILES string of the molecule is COC(=O)C(=O)c1ccc(Oc2ccc(OC(F)(F)F)cc2)cc1Cl. The molecule has 0 saturated heterocycles. The second-order valence-corrected chi connectivity index (χ2v) is 4.99. The van der Waals surface area contributed by atoms with Crippen LogP contribution in [-0.4, -0.2) is 25.2 Å². The van der Waals surface area contributed by atoms with E-state index in [-0.39, 0.29) is 22.1 Å². The number of methoxy groups -OCH3 is 1. The van der Waals surface area contributed by atoms with Crippen LogP contribution in [-0.2, 0) is 9.53 Å². The maximum atomic E-state index is 12.1. The van der Waals surface area contributed by atoms with Crippen molar-refractivity contribution in [3.8, 4) is 17.2 Å². The monoisotopic (exact) mass is 374 g/mol. The van der Waals surface area contributed by atoms with Crippen molar-refractivity contribution < 1.29 is 37.0 Å². The summed E-state index contributed by atoms with van der Waals surface area (Å²) < 4.78 is 49.8. The summed E-state index contributed by atoms with van der Waals surface area (Å²) in [5.41, 5.74) is -0.0604. The van der Waals surface area contributed by atoms with E-state index in [0.717, 1.165) is 19.2 Å². The van der Waals surface area contributed by atoms with Crippen molar-refractivity contribution in [3.63, 3.8) is 0 Å². The van der Waals surface area contributed by atoms with Crippen molar-refractivity contribution in [2.24, 2.45) is 0 Å². The van der Waals surface area contributed by atoms with Crippen LogP contribution in [0.4, 0.5) is 13.2 Å². The lowest BCUT2D eigenvalue weighted by atomic mass is 10.1. The fourth-order valence-electron chi connectivity index (χ4n) is 1.79. The average molecular weight is 375 g/mol. The Kier molecular flexibility index (Phi) is 5.53. The molecule has 9 heteroatoms. The molecule has 2 aromatic carbocycles. The van der Waals surface area contributed by atoms with Gasteiger partial charge in [0, 0.05) is 11.6 Å². The molecule has 0 saturated carbocycles. The minimum absolute atomic E-state index is 0.0371. The van der Waals surface area contributed by atoms with Crippen molar-refractivity contribution in [1.29, 1.82) is 0 Å². The Hall–Kier alpha value is -2.74. The maximum Gasteiger partial charge on any atom is 0.573 e. The van der Waals surface area contributed by atoms with Gasteiger partial charge in [-0.3, -0.25) is 4.79 Å². The van der Waals surface area contributed by atoms with Crippen molar-refractivity contribution in [3.05, 3.63) is 53.1 Å². The molecule has 2 rings (SSSR count). The fraction of sp³-hybridized carbons (Fsp3) is 0.125. The quantitative estimate of drug-likeness (QED) is 0.441. The van der Waals surface area contributed by atoms with Crippen LogP contribution in [0.5, 0.6) is 17.2 Å². The largest absolute Gasteiger partial charge is 0.573 e. The standard InChI is InChI=1S/C16H10ClF3O5/c1-23-15(22)14(21)12-7-6-11(8-13(12)17)24-9-2-4-10(5-3-9)25-16(18,19)20/h2-8H,1H3. The highest BCUT2D eigenvalue weighted by Gasteiger charge is 2.31. The van der Waals surface area contributed by atoms with Gasteiger partial charge in [0.15, 0.2) is 0 Å². The number of ether oxygens (including phenoxy) is 3. The molecule has 0 aliphatic rings. The summed E-state index contributed by atoms with van der Waals surface area (Å²) in [5, 5.41) is -0.0371. The van der Waals surface area contributed by atoms with Crippen LogP contribution in [0.2, 0.25) is 5.02 Å². The van der Waals surface area contributed by atoms with Gasteiger partial charge in [-0.25, -0.2) is 4.79 Å². The lowest BCUT2D eigenvalue weighted by Crippen LogP contribution is -2.16. The Bertz CT molecular complexity index is 787. The number of halogens is 4. The number of carbonyl (C=O) groups excluding carboxylic acids is 2. The first-order valence-corrected chi connectivity index (χ1v) is 7.03. The second-order valence-electron chi connectivity index (χ2n) is 4.58. The average Bonchev–Trinajstić information content (AvgIpc) is 2.54. The first-order valence-electron chi connectivity index (χ1n) is 6.65. The first kappa shape index (κ1) is 18.6. The second kappa shape index (κ2) is 7.43. The summed E-state index contributed by atoms with van der Waals surface area (Å²) in [6.07, 6.45) is -4.78. The van der Waals surface area contributed by atoms with E-state index >= 15 is 0 Å². The molecule has 0 atom stereocenters. The Morgan fingerprint density at radius 3 is 2.04 bits per heavy atom. The number of carbonyl (C=O) groups is 2. The van der Waals surface area contributed by atoms with Crippen molar-refractivity contribution in [1.82, 2.24) is 0 Å². The van der Waals surface area contributed by atoms with Crippen LogP contribution in [0.15, 0.2) is 42.5 Å². The van der Waals surface area contributed by atoms with Gasteiger partial charge in [-0.15, -0.1) is 13.2 Å². The van der Waals surface area contributed by atoms with E-state index in [2.05, 4.69) is 9.47 Å². The number of ketones is 1. The number of rotatable bonds is 5. The van der Waals surface area contributed by atoms with Gasteiger partial charge in [0.05, 0.1) is 12.1 Å². The molecule has 0 aliphatic heterocycles. The predicted molar refractivity (Wildman–Crippen MR) is 81.0 cm³/mol. The molecule has 0 unspecified atom stereocenters. The summed E-state index contributed by atoms with van der Waals surface area (Å²) >= 11 is 5.94. The lowest BCUT2D eigenvalue weighted by molar-refractivity contribution is -0.274. The summed E-state index contributed by atoms with van der Waals surface area (Å²) in [6.45, 7) is 0. The highest BCUT2D eigenvalue weighted by atomic mass is 35.5. The molecular formula is C16H10ClF3O5. The van der Waals surface area contributed by atoms with E-state index in [4.69, 9.17) is 16.3 Å². The molecule has 5 nitrogen and oxygen atoms in total. The summed E-state index contributed by atoms with van der Waals surface area (Å²) in [4.78, 5) is 22.9. The van der Waals surface area contributed by atoms with Crippen LogP contribution < -0.4 is 9.47 Å². The minimum Gasteiger partial charge on any atom is -0.463 e. The van der Waals surface area contributed by atoms with Crippen LogP contribution >= 0.6 is 11.6 Å².